The van der Waals surface area contributed by atoms with Gasteiger partial charge in [0.15, 0.2) is 5.11 Å². The predicted octanol–water partition coefficient (Wildman–Crippen LogP) is 3.39. The van der Waals surface area contributed by atoms with Gasteiger partial charge in [0, 0.05) is 23.3 Å². The highest BCUT2D eigenvalue weighted by atomic mass is 35.5. The van der Waals surface area contributed by atoms with Gasteiger partial charge in [-0.3, -0.25) is 4.79 Å². The first-order valence-electron chi connectivity index (χ1n) is 7.43. The molecule has 1 aliphatic rings. The number of halogens is 1. The van der Waals surface area contributed by atoms with Gasteiger partial charge in [0.1, 0.15) is 0 Å². The van der Waals surface area contributed by atoms with E-state index in [9.17, 15) is 4.79 Å². The van der Waals surface area contributed by atoms with Crippen LogP contribution in [0.3, 0.4) is 0 Å². The van der Waals surface area contributed by atoms with Gasteiger partial charge in [-0.1, -0.05) is 23.7 Å². The Hall–Kier alpha value is -1.59. The largest absolute Gasteiger partial charge is 0.351 e. The number of carbonyl (C=O) groups is 1. The summed E-state index contributed by atoms with van der Waals surface area (Å²) in [6, 6.07) is 7.15. The van der Waals surface area contributed by atoms with E-state index < -0.39 is 0 Å². The molecule has 0 aliphatic carbocycles. The molecule has 124 valence electrons. The number of thiocarbonyl (C=S) groups is 1. The van der Waals surface area contributed by atoms with Crippen molar-refractivity contribution in [1.82, 2.24) is 15.5 Å². The lowest BCUT2D eigenvalue weighted by Crippen LogP contribution is -2.50. The number of nitrogens with one attached hydrogen (secondary N) is 2. The minimum absolute atomic E-state index is 0.109. The van der Waals surface area contributed by atoms with Crippen LogP contribution in [0.25, 0.3) is 0 Å². The summed E-state index contributed by atoms with van der Waals surface area (Å²) in [4.78, 5) is 14.6. The highest BCUT2D eigenvalue weighted by Gasteiger charge is 2.33. The fourth-order valence-corrected chi connectivity index (χ4v) is 2.93. The van der Waals surface area contributed by atoms with E-state index in [4.69, 9.17) is 23.8 Å². The molecule has 0 saturated heterocycles. The third-order valence-corrected chi connectivity index (χ3v) is 4.30. The number of rotatable bonds is 2. The molecule has 0 unspecified atom stereocenters. The van der Waals surface area contributed by atoms with E-state index in [-0.39, 0.29) is 17.5 Å². The molecule has 0 aromatic heterocycles. The topological polar surface area (TPSA) is 44.4 Å². The number of nitrogens with zero attached hydrogens (tertiary/aromatic N) is 1. The fourth-order valence-electron chi connectivity index (χ4n) is 2.47. The van der Waals surface area contributed by atoms with Gasteiger partial charge in [-0.05, 0) is 57.6 Å². The molecule has 1 atom stereocenters. The van der Waals surface area contributed by atoms with E-state index in [1.54, 1.807) is 0 Å². The van der Waals surface area contributed by atoms with Crippen molar-refractivity contribution in [3.63, 3.8) is 0 Å². The number of amides is 1. The number of benzene rings is 1. The molecule has 23 heavy (non-hydrogen) atoms. The van der Waals surface area contributed by atoms with Crippen LogP contribution in [0.15, 0.2) is 35.5 Å². The molecule has 4 nitrogen and oxygen atoms in total. The van der Waals surface area contributed by atoms with Gasteiger partial charge in [-0.2, -0.15) is 0 Å². The molecular formula is C17H22ClN3OS. The van der Waals surface area contributed by atoms with E-state index in [0.717, 1.165) is 11.3 Å². The van der Waals surface area contributed by atoms with Crippen LogP contribution in [0, 0.1) is 0 Å². The second kappa shape index (κ2) is 6.49. The molecule has 1 heterocycles. The van der Waals surface area contributed by atoms with Crippen molar-refractivity contribution in [2.45, 2.75) is 39.3 Å². The van der Waals surface area contributed by atoms with E-state index in [2.05, 4.69) is 10.6 Å². The van der Waals surface area contributed by atoms with Crippen LogP contribution in [-0.4, -0.2) is 28.5 Å². The standard InChI is InChI=1S/C17H22ClN3OS/c1-10-13(15(22)20-17(2,3)4)14(19-16(23)21(10)5)11-7-6-8-12(18)9-11/h6-9,14H,1-5H3,(H,19,23)(H,20,22)/t14-/m1/s1. The molecule has 0 radical (unpaired) electrons. The Balaban J connectivity index is 2.50. The molecule has 6 heteroatoms. The van der Waals surface area contributed by atoms with E-state index in [0.29, 0.717) is 15.7 Å². The van der Waals surface area contributed by atoms with Gasteiger partial charge < -0.3 is 15.5 Å². The van der Waals surface area contributed by atoms with Crippen molar-refractivity contribution >= 4 is 34.8 Å². The molecule has 0 saturated carbocycles. The molecule has 1 amide bonds. The van der Waals surface area contributed by atoms with Crippen molar-refractivity contribution in [3.8, 4) is 0 Å². The van der Waals surface area contributed by atoms with Crippen LogP contribution in [0.1, 0.15) is 39.3 Å². The molecule has 2 rings (SSSR count). The number of allylic oxidation sites excluding steroid dienone is 1. The molecule has 0 spiro atoms. The summed E-state index contributed by atoms with van der Waals surface area (Å²) in [6.07, 6.45) is 0. The first-order chi connectivity index (χ1) is 10.6. The summed E-state index contributed by atoms with van der Waals surface area (Å²) < 4.78 is 0. The van der Waals surface area contributed by atoms with E-state index >= 15 is 0 Å². The Bertz CT molecular complexity index is 679. The van der Waals surface area contributed by atoms with Gasteiger partial charge in [0.25, 0.3) is 5.91 Å². The summed E-state index contributed by atoms with van der Waals surface area (Å²) in [5.41, 5.74) is 2.07. The molecular weight excluding hydrogens is 330 g/mol. The van der Waals surface area contributed by atoms with Gasteiger partial charge in [-0.15, -0.1) is 0 Å². The van der Waals surface area contributed by atoms with Crippen LogP contribution in [0.5, 0.6) is 0 Å². The average Bonchev–Trinajstić information content (AvgIpc) is 2.42. The van der Waals surface area contributed by atoms with Gasteiger partial charge in [0.2, 0.25) is 0 Å². The SMILES string of the molecule is CC1=C(C(=O)NC(C)(C)C)[C@@H](c2cccc(Cl)c2)NC(=S)N1C. The summed E-state index contributed by atoms with van der Waals surface area (Å²) in [5.74, 6) is -0.109. The van der Waals surface area contributed by atoms with E-state index in [1.807, 2.05) is 63.9 Å². The lowest BCUT2D eigenvalue weighted by atomic mass is 9.93. The van der Waals surface area contributed by atoms with Crippen LogP contribution in [0.4, 0.5) is 0 Å². The van der Waals surface area contributed by atoms with E-state index in [1.165, 1.54) is 0 Å². The van der Waals surface area contributed by atoms with Crippen LogP contribution < -0.4 is 10.6 Å². The highest BCUT2D eigenvalue weighted by molar-refractivity contribution is 7.80. The van der Waals surface area contributed by atoms with Gasteiger partial charge in [0.05, 0.1) is 11.6 Å². The first-order valence-corrected chi connectivity index (χ1v) is 8.22. The van der Waals surface area contributed by atoms with Crippen molar-refractivity contribution < 1.29 is 4.79 Å². The number of carbonyl (C=O) groups excluding carboxylic acids is 1. The lowest BCUT2D eigenvalue weighted by Gasteiger charge is -2.36. The van der Waals surface area contributed by atoms with Crippen LogP contribution >= 0.6 is 23.8 Å². The number of hydrogen-bond acceptors (Lipinski definition) is 2. The summed E-state index contributed by atoms with van der Waals surface area (Å²) in [7, 11) is 1.85. The van der Waals surface area contributed by atoms with Crippen LogP contribution in [-0.2, 0) is 4.79 Å². The maximum absolute atomic E-state index is 12.8. The first kappa shape index (κ1) is 17.8. The summed E-state index contributed by atoms with van der Waals surface area (Å²) in [5, 5.41) is 7.48. The zero-order valence-electron chi connectivity index (χ0n) is 14.0. The van der Waals surface area contributed by atoms with Crippen molar-refractivity contribution in [1.29, 1.82) is 0 Å². The molecule has 1 aromatic rings. The summed E-state index contributed by atoms with van der Waals surface area (Å²) in [6.45, 7) is 7.78. The van der Waals surface area contributed by atoms with Crippen molar-refractivity contribution in [3.05, 3.63) is 46.1 Å². The quantitative estimate of drug-likeness (QED) is 0.802. The third-order valence-electron chi connectivity index (χ3n) is 3.67. The number of hydrogen-bond donors (Lipinski definition) is 2. The predicted molar refractivity (Wildman–Crippen MR) is 98.3 cm³/mol. The lowest BCUT2D eigenvalue weighted by molar-refractivity contribution is -0.119. The van der Waals surface area contributed by atoms with Crippen LogP contribution in [0.2, 0.25) is 5.02 Å². The molecule has 2 N–H and O–H groups in total. The monoisotopic (exact) mass is 351 g/mol. The van der Waals surface area contributed by atoms with Gasteiger partial charge >= 0.3 is 0 Å². The Kier molecular flexibility index (Phi) is 5.01. The molecule has 1 aliphatic heterocycles. The van der Waals surface area contributed by atoms with Crippen molar-refractivity contribution in [2.24, 2.45) is 0 Å². The Morgan fingerprint density at radius 1 is 1.39 bits per heavy atom. The minimum atomic E-state index is -0.320. The fraction of sp³-hybridized carbons (Fsp3) is 0.412. The maximum Gasteiger partial charge on any atom is 0.251 e. The smallest absolute Gasteiger partial charge is 0.251 e. The molecule has 0 bridgehead atoms. The van der Waals surface area contributed by atoms with Gasteiger partial charge in [-0.25, -0.2) is 0 Å². The Morgan fingerprint density at radius 2 is 2.04 bits per heavy atom. The average molecular weight is 352 g/mol. The summed E-state index contributed by atoms with van der Waals surface area (Å²) >= 11 is 11.5. The minimum Gasteiger partial charge on any atom is -0.351 e. The second-order valence-electron chi connectivity index (χ2n) is 6.70. The Labute approximate surface area is 147 Å². The third kappa shape index (κ3) is 4.03. The molecule has 0 fully saturated rings. The zero-order valence-corrected chi connectivity index (χ0v) is 15.6. The second-order valence-corrected chi connectivity index (χ2v) is 7.52. The normalized spacial score (nSPS) is 18.8. The maximum atomic E-state index is 12.8. The Morgan fingerprint density at radius 3 is 2.61 bits per heavy atom. The molecule has 1 aromatic carbocycles. The highest BCUT2D eigenvalue weighted by Crippen LogP contribution is 2.31. The zero-order chi connectivity index (χ0) is 17.4. The van der Waals surface area contributed by atoms with Crippen molar-refractivity contribution in [2.75, 3.05) is 7.05 Å².